The summed E-state index contributed by atoms with van der Waals surface area (Å²) in [6.07, 6.45) is 0.234. The molecule has 152 valence electrons. The molecule has 2 amide bonds. The fraction of sp³-hybridized carbons (Fsp3) is 0.364. The molecule has 7 heteroatoms. The number of carbonyl (C=O) groups excluding carboxylic acids is 2. The van der Waals surface area contributed by atoms with Gasteiger partial charge in [-0.2, -0.15) is 0 Å². The van der Waals surface area contributed by atoms with Gasteiger partial charge in [0.1, 0.15) is 11.5 Å². The second-order valence-electron chi connectivity index (χ2n) is 7.39. The quantitative estimate of drug-likeness (QED) is 0.733. The van der Waals surface area contributed by atoms with E-state index in [0.717, 1.165) is 42.5 Å². The molecule has 2 N–H and O–H groups in total. The topological polar surface area (TPSA) is 74.5 Å². The van der Waals surface area contributed by atoms with E-state index in [1.165, 1.54) is 4.90 Å². The van der Waals surface area contributed by atoms with Gasteiger partial charge >= 0.3 is 0 Å². The zero-order valence-corrected chi connectivity index (χ0v) is 16.5. The molecule has 29 heavy (non-hydrogen) atoms. The van der Waals surface area contributed by atoms with E-state index in [-0.39, 0.29) is 30.0 Å². The monoisotopic (exact) mass is 396 g/mol. The number of phenols is 1. The summed E-state index contributed by atoms with van der Waals surface area (Å²) in [5, 5.41) is 10.1. The molecular formula is C22H26N3O4+. The third-order valence-corrected chi connectivity index (χ3v) is 5.67. The standard InChI is InChI=1S/C22H25N3O4/c1-2-29-17-9-7-16(8-10-17)25-21(27)15-19(22(25)28)24-13-11-23(12-14-24)18-5-3-4-6-20(18)26/h3-10,19,26H,2,11-15H2,1H3/p+1/t19-/m0/s1. The summed E-state index contributed by atoms with van der Waals surface area (Å²) in [6.45, 7) is 5.43. The molecule has 0 spiro atoms. The lowest BCUT2D eigenvalue weighted by molar-refractivity contribution is -0.915. The van der Waals surface area contributed by atoms with Crippen LogP contribution in [0.2, 0.25) is 0 Å². The molecule has 2 aromatic rings. The van der Waals surface area contributed by atoms with E-state index >= 15 is 0 Å². The SMILES string of the molecule is CCOc1ccc(N2C(=O)C[C@H]([NH+]3CCN(c4ccccc4O)CC3)C2=O)cc1. The summed E-state index contributed by atoms with van der Waals surface area (Å²) in [4.78, 5) is 30.2. The summed E-state index contributed by atoms with van der Waals surface area (Å²) in [5.41, 5.74) is 1.41. The molecule has 4 rings (SSSR count). The van der Waals surface area contributed by atoms with Gasteiger partial charge < -0.3 is 19.6 Å². The molecule has 1 atom stereocenters. The fourth-order valence-corrected chi connectivity index (χ4v) is 4.20. The predicted octanol–water partition coefficient (Wildman–Crippen LogP) is 0.828. The molecule has 2 heterocycles. The molecular weight excluding hydrogens is 370 g/mol. The molecule has 0 radical (unpaired) electrons. The summed E-state index contributed by atoms with van der Waals surface area (Å²) in [5.74, 6) is 0.701. The highest BCUT2D eigenvalue weighted by molar-refractivity contribution is 6.21. The maximum Gasteiger partial charge on any atom is 0.292 e. The van der Waals surface area contributed by atoms with E-state index in [1.54, 1.807) is 36.4 Å². The minimum atomic E-state index is -0.347. The van der Waals surface area contributed by atoms with Crippen LogP contribution in [0.1, 0.15) is 13.3 Å². The smallest absolute Gasteiger partial charge is 0.292 e. The third-order valence-electron chi connectivity index (χ3n) is 5.67. The van der Waals surface area contributed by atoms with E-state index in [1.807, 2.05) is 19.1 Å². The van der Waals surface area contributed by atoms with E-state index < -0.39 is 0 Å². The van der Waals surface area contributed by atoms with Crippen molar-refractivity contribution < 1.29 is 24.3 Å². The number of imide groups is 1. The van der Waals surface area contributed by atoms with Crippen molar-refractivity contribution in [2.24, 2.45) is 0 Å². The first-order valence-corrected chi connectivity index (χ1v) is 10.1. The summed E-state index contributed by atoms with van der Waals surface area (Å²) < 4.78 is 5.43. The molecule has 2 aliphatic rings. The molecule has 2 aliphatic heterocycles. The van der Waals surface area contributed by atoms with E-state index in [9.17, 15) is 14.7 Å². The molecule has 0 unspecified atom stereocenters. The zero-order chi connectivity index (χ0) is 20.4. The highest BCUT2D eigenvalue weighted by atomic mass is 16.5. The van der Waals surface area contributed by atoms with Gasteiger partial charge in [-0.3, -0.25) is 9.59 Å². The molecule has 2 fully saturated rings. The first-order chi connectivity index (χ1) is 14.1. The van der Waals surface area contributed by atoms with E-state index in [2.05, 4.69) is 4.90 Å². The van der Waals surface area contributed by atoms with Crippen molar-refractivity contribution in [1.29, 1.82) is 0 Å². The molecule has 7 nitrogen and oxygen atoms in total. The van der Waals surface area contributed by atoms with Crippen LogP contribution in [0.5, 0.6) is 11.5 Å². The van der Waals surface area contributed by atoms with Crippen LogP contribution in [0.3, 0.4) is 0 Å². The van der Waals surface area contributed by atoms with Crippen LogP contribution < -0.4 is 19.4 Å². The van der Waals surface area contributed by atoms with Crippen molar-refractivity contribution in [2.45, 2.75) is 19.4 Å². The highest BCUT2D eigenvalue weighted by Crippen LogP contribution is 2.27. The number of hydrogen-bond acceptors (Lipinski definition) is 5. The average molecular weight is 396 g/mol. The van der Waals surface area contributed by atoms with Crippen LogP contribution in [0.4, 0.5) is 11.4 Å². The van der Waals surface area contributed by atoms with Gasteiger partial charge in [0, 0.05) is 0 Å². The van der Waals surface area contributed by atoms with Gasteiger partial charge in [0.05, 0.1) is 50.6 Å². The Kier molecular flexibility index (Phi) is 5.40. The Bertz CT molecular complexity index is 891. The highest BCUT2D eigenvalue weighted by Gasteiger charge is 2.46. The number of rotatable bonds is 5. The Morgan fingerprint density at radius 3 is 2.41 bits per heavy atom. The van der Waals surface area contributed by atoms with Crippen molar-refractivity contribution in [1.82, 2.24) is 0 Å². The number of amides is 2. The molecule has 2 aromatic carbocycles. The van der Waals surface area contributed by atoms with Gasteiger partial charge in [-0.1, -0.05) is 12.1 Å². The van der Waals surface area contributed by atoms with Crippen LogP contribution in [-0.4, -0.2) is 55.7 Å². The average Bonchev–Trinajstić information content (AvgIpc) is 3.03. The van der Waals surface area contributed by atoms with Gasteiger partial charge in [0.2, 0.25) is 5.91 Å². The predicted molar refractivity (Wildman–Crippen MR) is 110 cm³/mol. The minimum Gasteiger partial charge on any atom is -0.506 e. The second-order valence-corrected chi connectivity index (χ2v) is 7.39. The second kappa shape index (κ2) is 8.13. The number of para-hydroxylation sites is 2. The van der Waals surface area contributed by atoms with Crippen LogP contribution in [0.25, 0.3) is 0 Å². The lowest BCUT2D eigenvalue weighted by atomic mass is 10.1. The molecule has 0 aliphatic carbocycles. The molecule has 0 saturated carbocycles. The minimum absolute atomic E-state index is 0.134. The molecule has 0 aromatic heterocycles. The largest absolute Gasteiger partial charge is 0.506 e. The van der Waals surface area contributed by atoms with E-state index in [4.69, 9.17) is 4.74 Å². The van der Waals surface area contributed by atoms with Crippen molar-refractivity contribution in [3.8, 4) is 11.5 Å². The van der Waals surface area contributed by atoms with Gasteiger partial charge in [-0.05, 0) is 43.3 Å². The normalized spacial score (nSPS) is 20.4. The summed E-state index contributed by atoms with van der Waals surface area (Å²) in [7, 11) is 0. The number of hydrogen-bond donors (Lipinski definition) is 2. The van der Waals surface area contributed by atoms with Crippen molar-refractivity contribution in [2.75, 3.05) is 42.6 Å². The van der Waals surface area contributed by atoms with Crippen LogP contribution >= 0.6 is 0 Å². The number of ether oxygens (including phenoxy) is 1. The first kappa shape index (κ1) is 19.3. The van der Waals surface area contributed by atoms with Crippen molar-refractivity contribution in [3.63, 3.8) is 0 Å². The maximum absolute atomic E-state index is 13.0. The number of quaternary nitrogens is 1. The number of benzene rings is 2. The number of nitrogens with zero attached hydrogens (tertiary/aromatic N) is 2. The number of anilines is 2. The van der Waals surface area contributed by atoms with Crippen molar-refractivity contribution >= 4 is 23.2 Å². The molecule has 2 saturated heterocycles. The van der Waals surface area contributed by atoms with Crippen LogP contribution in [0, 0.1) is 0 Å². The summed E-state index contributed by atoms with van der Waals surface area (Å²) >= 11 is 0. The number of phenolic OH excluding ortho intramolecular Hbond substituents is 1. The number of aromatic hydroxyl groups is 1. The number of carbonyl (C=O) groups is 2. The van der Waals surface area contributed by atoms with Gasteiger partial charge in [-0.15, -0.1) is 0 Å². The van der Waals surface area contributed by atoms with Crippen molar-refractivity contribution in [3.05, 3.63) is 48.5 Å². The third kappa shape index (κ3) is 3.78. The van der Waals surface area contributed by atoms with Crippen LogP contribution in [-0.2, 0) is 9.59 Å². The Hall–Kier alpha value is -3.06. The molecule has 0 bridgehead atoms. The first-order valence-electron chi connectivity index (χ1n) is 10.1. The lowest BCUT2D eigenvalue weighted by Gasteiger charge is -2.35. The lowest BCUT2D eigenvalue weighted by Crippen LogP contribution is -3.19. The summed E-state index contributed by atoms with van der Waals surface area (Å²) in [6, 6.07) is 14.0. The Balaban J connectivity index is 1.42. The van der Waals surface area contributed by atoms with Gasteiger partial charge in [0.25, 0.3) is 5.91 Å². The number of piperazine rings is 1. The van der Waals surface area contributed by atoms with Gasteiger partial charge in [-0.25, -0.2) is 4.90 Å². The Labute approximate surface area is 170 Å². The zero-order valence-electron chi connectivity index (χ0n) is 16.5. The Morgan fingerprint density at radius 1 is 1.07 bits per heavy atom. The van der Waals surface area contributed by atoms with E-state index in [0.29, 0.717) is 12.3 Å². The fourth-order valence-electron chi connectivity index (χ4n) is 4.20. The van der Waals surface area contributed by atoms with Crippen LogP contribution in [0.15, 0.2) is 48.5 Å². The maximum atomic E-state index is 13.0. The Morgan fingerprint density at radius 2 is 1.76 bits per heavy atom. The van der Waals surface area contributed by atoms with Gasteiger partial charge in [0.15, 0.2) is 6.04 Å². The number of nitrogens with one attached hydrogen (secondary N) is 1.